The Bertz CT molecular complexity index is 1890. The van der Waals surface area contributed by atoms with Gasteiger partial charge in [-0.25, -0.2) is 8.78 Å². The molecular weight excluding hydrogens is 651 g/mol. The molecule has 6 nitrogen and oxygen atoms in total. The first-order chi connectivity index (χ1) is 22.7. The van der Waals surface area contributed by atoms with Crippen molar-refractivity contribution in [2.75, 3.05) is 13.7 Å². The van der Waals surface area contributed by atoms with Gasteiger partial charge in [-0.1, -0.05) is 48.2 Å². The van der Waals surface area contributed by atoms with E-state index in [1.165, 1.54) is 35.6 Å². The highest BCUT2D eigenvalue weighted by Crippen LogP contribution is 2.55. The van der Waals surface area contributed by atoms with Crippen LogP contribution in [0, 0.1) is 18.6 Å². The fourth-order valence-electron chi connectivity index (χ4n) is 6.46. The molecule has 0 bridgehead atoms. The van der Waals surface area contributed by atoms with Gasteiger partial charge in [-0.15, -0.1) is 0 Å². The zero-order chi connectivity index (χ0) is 35.0. The minimum absolute atomic E-state index is 0.0731. The molecule has 5 rings (SSSR count). The number of ether oxygens (including phenoxy) is 1. The Balaban J connectivity index is 1.81. The fourth-order valence-corrected chi connectivity index (χ4v) is 7.97. The predicted octanol–water partition coefficient (Wildman–Crippen LogP) is 8.34. The van der Waals surface area contributed by atoms with Crippen molar-refractivity contribution >= 4 is 17.7 Å². The highest BCUT2D eigenvalue weighted by molar-refractivity contribution is 8.00. The lowest BCUT2D eigenvalue weighted by Crippen LogP contribution is -2.42. The number of alkyl halides is 3. The summed E-state index contributed by atoms with van der Waals surface area (Å²) in [6.45, 7) is 5.63. The third-order valence-electron chi connectivity index (χ3n) is 8.71. The average molecular weight is 687 g/mol. The van der Waals surface area contributed by atoms with Gasteiger partial charge in [0, 0.05) is 28.7 Å². The fraction of sp³-hybridized carbons (Fsp3) is 0.333. The highest BCUT2D eigenvalue weighted by Gasteiger charge is 2.48. The average Bonchev–Trinajstić information content (AvgIpc) is 3.31. The van der Waals surface area contributed by atoms with Crippen molar-refractivity contribution in [3.8, 4) is 16.9 Å². The van der Waals surface area contributed by atoms with Crippen LogP contribution in [0.25, 0.3) is 11.1 Å². The molecule has 12 heteroatoms. The number of thioether (sulfide) groups is 1. The topological polar surface area (TPSA) is 80.6 Å². The van der Waals surface area contributed by atoms with Crippen molar-refractivity contribution < 1.29 is 36.6 Å². The Morgan fingerprint density at radius 2 is 1.75 bits per heavy atom. The molecule has 0 spiro atoms. The van der Waals surface area contributed by atoms with Crippen LogP contribution in [0.1, 0.15) is 66.6 Å². The Kier molecular flexibility index (Phi) is 10.1. The number of fused-ring (bicyclic) bond motifs is 1. The van der Waals surface area contributed by atoms with Gasteiger partial charge in [0.05, 0.1) is 35.3 Å². The summed E-state index contributed by atoms with van der Waals surface area (Å²) in [6, 6.07) is 14.6. The lowest BCUT2D eigenvalue weighted by atomic mass is 9.88. The van der Waals surface area contributed by atoms with Crippen LogP contribution in [0.3, 0.4) is 0 Å². The number of rotatable bonds is 11. The van der Waals surface area contributed by atoms with Crippen LogP contribution in [0.2, 0.25) is 0 Å². The van der Waals surface area contributed by atoms with Crippen LogP contribution < -0.4 is 15.6 Å². The number of pyridine rings is 1. The third-order valence-corrected chi connectivity index (χ3v) is 10.1. The van der Waals surface area contributed by atoms with Gasteiger partial charge in [0.25, 0.3) is 5.56 Å². The van der Waals surface area contributed by atoms with Crippen molar-refractivity contribution in [2.24, 2.45) is 0 Å². The summed E-state index contributed by atoms with van der Waals surface area (Å²) in [7, 11) is 1.39. The van der Waals surface area contributed by atoms with Gasteiger partial charge in [-0.05, 0) is 80.8 Å². The minimum atomic E-state index is -4.85. The standard InChI is InChI=1S/C36H35F5N2O4S/c1-20-23(19-24-26(36(39,40)41)12-8-13-27(24)37)34-43(33(46)30(20)25-18-22(47-4)15-16-28(25)38)32(35(2,3)48-34)31(21-10-6-5-7-11-21)42-17-9-14-29(44)45/h5-8,10-13,15-16,18,31-32,42H,9,14,17,19H2,1-4H3,(H,44,45). The van der Waals surface area contributed by atoms with Crippen LogP contribution in [0.4, 0.5) is 22.0 Å². The number of carboxylic acids is 1. The van der Waals surface area contributed by atoms with E-state index in [4.69, 9.17) is 4.74 Å². The Morgan fingerprint density at radius 1 is 1.04 bits per heavy atom. The molecule has 254 valence electrons. The second kappa shape index (κ2) is 13.8. The van der Waals surface area contributed by atoms with Gasteiger partial charge in [0.1, 0.15) is 17.4 Å². The van der Waals surface area contributed by atoms with E-state index in [1.54, 1.807) is 6.92 Å². The number of aliphatic carboxylic acids is 1. The number of nitrogens with zero attached hydrogens (tertiary/aromatic N) is 1. The predicted molar refractivity (Wildman–Crippen MR) is 175 cm³/mol. The van der Waals surface area contributed by atoms with E-state index < -0.39 is 63.7 Å². The largest absolute Gasteiger partial charge is 0.497 e. The van der Waals surface area contributed by atoms with E-state index in [1.807, 2.05) is 44.2 Å². The zero-order valence-electron chi connectivity index (χ0n) is 26.8. The molecule has 0 fully saturated rings. The minimum Gasteiger partial charge on any atom is -0.497 e. The smallest absolute Gasteiger partial charge is 0.416 e. The van der Waals surface area contributed by atoms with Crippen molar-refractivity contribution in [1.82, 2.24) is 9.88 Å². The highest BCUT2D eigenvalue weighted by atomic mass is 32.2. The number of carbonyl (C=O) groups is 1. The summed E-state index contributed by atoms with van der Waals surface area (Å²) >= 11 is 1.28. The summed E-state index contributed by atoms with van der Waals surface area (Å²) in [5.41, 5.74) is -1.18. The molecule has 2 heterocycles. The summed E-state index contributed by atoms with van der Waals surface area (Å²) < 4.78 is 79.5. The first-order valence-corrected chi connectivity index (χ1v) is 16.1. The summed E-state index contributed by atoms with van der Waals surface area (Å²) in [6.07, 6.45) is -5.15. The number of halogens is 5. The van der Waals surface area contributed by atoms with Crippen LogP contribution in [0.15, 0.2) is 76.6 Å². The van der Waals surface area contributed by atoms with E-state index in [2.05, 4.69) is 5.32 Å². The molecular formula is C36H35F5N2O4S. The van der Waals surface area contributed by atoms with Gasteiger partial charge in [-0.2, -0.15) is 13.2 Å². The van der Waals surface area contributed by atoms with Gasteiger partial charge in [0.2, 0.25) is 0 Å². The van der Waals surface area contributed by atoms with Crippen LogP contribution in [-0.4, -0.2) is 34.0 Å². The normalized spacial score (nSPS) is 16.1. The van der Waals surface area contributed by atoms with E-state index in [-0.39, 0.29) is 41.0 Å². The molecule has 1 aliphatic heterocycles. The quantitative estimate of drug-likeness (QED) is 0.122. The summed E-state index contributed by atoms with van der Waals surface area (Å²) in [5, 5.41) is 13.0. The van der Waals surface area contributed by atoms with Crippen molar-refractivity contribution in [1.29, 1.82) is 0 Å². The monoisotopic (exact) mass is 686 g/mol. The maximum Gasteiger partial charge on any atom is 0.416 e. The van der Waals surface area contributed by atoms with E-state index in [0.717, 1.165) is 29.8 Å². The third kappa shape index (κ3) is 6.86. The van der Waals surface area contributed by atoms with Gasteiger partial charge in [0.15, 0.2) is 0 Å². The molecule has 4 aromatic rings. The maximum absolute atomic E-state index is 15.6. The number of nitrogens with one attached hydrogen (secondary N) is 1. The second-order valence-electron chi connectivity index (χ2n) is 12.2. The lowest BCUT2D eigenvalue weighted by Gasteiger charge is -2.35. The van der Waals surface area contributed by atoms with Crippen LogP contribution in [0.5, 0.6) is 5.75 Å². The number of carboxylic acid groups (broad SMARTS) is 1. The van der Waals surface area contributed by atoms with Crippen LogP contribution >= 0.6 is 11.8 Å². The number of benzene rings is 3. The Morgan fingerprint density at radius 3 is 2.40 bits per heavy atom. The van der Waals surface area contributed by atoms with Crippen molar-refractivity contribution in [3.63, 3.8) is 0 Å². The van der Waals surface area contributed by atoms with E-state index in [9.17, 15) is 27.9 Å². The molecule has 0 saturated carbocycles. The molecule has 1 aliphatic rings. The zero-order valence-corrected chi connectivity index (χ0v) is 27.6. The number of hydrogen-bond acceptors (Lipinski definition) is 5. The number of hydrogen-bond donors (Lipinski definition) is 2. The van der Waals surface area contributed by atoms with Gasteiger partial charge in [-0.3, -0.25) is 14.2 Å². The maximum atomic E-state index is 15.6. The number of aromatic nitrogens is 1. The van der Waals surface area contributed by atoms with Crippen molar-refractivity contribution in [3.05, 3.63) is 117 Å². The molecule has 2 N–H and O–H groups in total. The van der Waals surface area contributed by atoms with Crippen molar-refractivity contribution in [2.45, 2.75) is 68.1 Å². The molecule has 2 atom stereocenters. The summed E-state index contributed by atoms with van der Waals surface area (Å²) in [4.78, 5) is 26.0. The molecule has 0 saturated heterocycles. The molecule has 0 radical (unpaired) electrons. The molecule has 48 heavy (non-hydrogen) atoms. The Labute approximate surface area is 279 Å². The van der Waals surface area contributed by atoms with Crippen LogP contribution in [-0.2, 0) is 17.4 Å². The second-order valence-corrected chi connectivity index (χ2v) is 13.9. The molecule has 2 unspecified atom stereocenters. The molecule has 1 aromatic heterocycles. The SMILES string of the molecule is COc1ccc(F)c(-c2c(C)c(Cc3c(F)cccc3C(F)(F)F)c3n(c2=O)C(C(NCCCC(=O)O)c2ccccc2)C(C)(C)S3)c1. The molecule has 3 aromatic carbocycles. The Hall–Kier alpha value is -4.16. The lowest BCUT2D eigenvalue weighted by molar-refractivity contribution is -0.138. The van der Waals surface area contributed by atoms with E-state index >= 15 is 8.78 Å². The summed E-state index contributed by atoms with van der Waals surface area (Å²) in [5.74, 6) is -2.48. The molecule has 0 aliphatic carbocycles. The van der Waals surface area contributed by atoms with Gasteiger partial charge < -0.3 is 15.2 Å². The first-order valence-electron chi connectivity index (χ1n) is 15.3. The number of methoxy groups -OCH3 is 1. The van der Waals surface area contributed by atoms with E-state index in [0.29, 0.717) is 11.4 Å². The first kappa shape index (κ1) is 35.2. The molecule has 0 amide bonds. The van der Waals surface area contributed by atoms with Gasteiger partial charge >= 0.3 is 12.1 Å².